The van der Waals surface area contributed by atoms with Gasteiger partial charge in [0.1, 0.15) is 0 Å². The van der Waals surface area contributed by atoms with E-state index in [1.807, 2.05) is 26.8 Å². The smallest absolute Gasteiger partial charge is 0.0353 e. The molecule has 1 nitrogen and oxygen atoms in total. The molecule has 2 heteroatoms. The molecule has 0 aliphatic carbocycles. The van der Waals surface area contributed by atoms with Crippen LogP contribution in [0.1, 0.15) is 31.9 Å². The fraction of sp³-hybridized carbons (Fsp3) is 0.333. The molecule has 0 radical (unpaired) electrons. The molecule has 1 aromatic rings. The van der Waals surface area contributed by atoms with Crippen LogP contribution >= 0.6 is 15.9 Å². The molecule has 0 spiro atoms. The van der Waals surface area contributed by atoms with Crippen LogP contribution in [-0.2, 0) is 5.54 Å². The normalized spacial score (nSPS) is 11.5. The average molecular weight is 254 g/mol. The van der Waals surface area contributed by atoms with Gasteiger partial charge in [0, 0.05) is 10.0 Å². The monoisotopic (exact) mass is 253 g/mol. The Balaban J connectivity index is 3.28. The maximum absolute atomic E-state index is 6.04. The minimum absolute atomic E-state index is 0.312. The van der Waals surface area contributed by atoms with Crippen molar-refractivity contribution in [1.82, 2.24) is 0 Å². The van der Waals surface area contributed by atoms with Crippen molar-refractivity contribution in [3.63, 3.8) is 0 Å². The molecule has 0 heterocycles. The Kier molecular flexibility index (Phi) is 3.17. The van der Waals surface area contributed by atoms with Crippen LogP contribution in [0.4, 0.5) is 0 Å². The van der Waals surface area contributed by atoms with Crippen molar-refractivity contribution in [2.75, 3.05) is 0 Å². The fourth-order valence-corrected chi connectivity index (χ4v) is 1.70. The summed E-state index contributed by atoms with van der Waals surface area (Å²) >= 11 is 3.48. The van der Waals surface area contributed by atoms with Gasteiger partial charge in [0.05, 0.1) is 0 Å². The zero-order valence-electron chi connectivity index (χ0n) is 8.89. The molecule has 14 heavy (non-hydrogen) atoms. The maximum atomic E-state index is 6.04. The molecular weight excluding hydrogens is 238 g/mol. The number of benzene rings is 1. The first-order valence-electron chi connectivity index (χ1n) is 4.56. The molecule has 0 atom stereocenters. The van der Waals surface area contributed by atoms with E-state index in [0.717, 1.165) is 21.2 Å². The van der Waals surface area contributed by atoms with Gasteiger partial charge < -0.3 is 5.73 Å². The van der Waals surface area contributed by atoms with E-state index in [1.54, 1.807) is 0 Å². The molecule has 1 aromatic carbocycles. The fourth-order valence-electron chi connectivity index (χ4n) is 1.21. The van der Waals surface area contributed by atoms with E-state index in [9.17, 15) is 0 Å². The average Bonchev–Trinajstić information content (AvgIpc) is 2.01. The van der Waals surface area contributed by atoms with E-state index in [0.29, 0.717) is 0 Å². The van der Waals surface area contributed by atoms with Gasteiger partial charge in [-0.2, -0.15) is 0 Å². The Hall–Kier alpha value is -0.600. The van der Waals surface area contributed by atoms with Crippen LogP contribution < -0.4 is 5.73 Å². The predicted molar refractivity (Wildman–Crippen MR) is 66.1 cm³/mol. The van der Waals surface area contributed by atoms with E-state index in [-0.39, 0.29) is 5.54 Å². The number of rotatable bonds is 2. The van der Waals surface area contributed by atoms with E-state index in [2.05, 4.69) is 34.6 Å². The highest BCUT2D eigenvalue weighted by atomic mass is 79.9. The Labute approximate surface area is 94.1 Å². The third-order valence-corrected chi connectivity index (χ3v) is 2.59. The SMILES string of the molecule is C=C(C)c1cc(Br)cc(C(C)(C)N)c1. The van der Waals surface area contributed by atoms with Gasteiger partial charge in [0.2, 0.25) is 0 Å². The van der Waals surface area contributed by atoms with Crippen LogP contribution in [0.25, 0.3) is 5.57 Å². The lowest BCUT2D eigenvalue weighted by molar-refractivity contribution is 0.554. The van der Waals surface area contributed by atoms with Crippen molar-refractivity contribution in [2.24, 2.45) is 5.73 Å². The van der Waals surface area contributed by atoms with Crippen LogP contribution in [0.3, 0.4) is 0 Å². The van der Waals surface area contributed by atoms with Crippen molar-refractivity contribution < 1.29 is 0 Å². The Morgan fingerprint density at radius 1 is 1.36 bits per heavy atom. The van der Waals surface area contributed by atoms with Crippen LogP contribution in [0.15, 0.2) is 29.3 Å². The summed E-state index contributed by atoms with van der Waals surface area (Å²) in [6, 6.07) is 6.19. The maximum Gasteiger partial charge on any atom is 0.0353 e. The summed E-state index contributed by atoms with van der Waals surface area (Å²) in [6.07, 6.45) is 0. The highest BCUT2D eigenvalue weighted by Crippen LogP contribution is 2.26. The molecule has 0 saturated carbocycles. The first-order valence-corrected chi connectivity index (χ1v) is 5.36. The van der Waals surface area contributed by atoms with Gasteiger partial charge in [0.15, 0.2) is 0 Å². The van der Waals surface area contributed by atoms with E-state index >= 15 is 0 Å². The molecule has 0 fully saturated rings. The Morgan fingerprint density at radius 3 is 2.36 bits per heavy atom. The van der Waals surface area contributed by atoms with Crippen LogP contribution in [0.2, 0.25) is 0 Å². The summed E-state index contributed by atoms with van der Waals surface area (Å²) in [5.41, 5.74) is 9.03. The number of hydrogen-bond acceptors (Lipinski definition) is 1. The molecule has 0 saturated heterocycles. The molecule has 76 valence electrons. The highest BCUT2D eigenvalue weighted by molar-refractivity contribution is 9.10. The van der Waals surface area contributed by atoms with Crippen molar-refractivity contribution in [2.45, 2.75) is 26.3 Å². The second kappa shape index (κ2) is 3.87. The molecule has 0 aliphatic heterocycles. The molecule has 0 amide bonds. The van der Waals surface area contributed by atoms with Gasteiger partial charge in [-0.15, -0.1) is 0 Å². The number of hydrogen-bond donors (Lipinski definition) is 1. The largest absolute Gasteiger partial charge is 0.322 e. The number of nitrogens with two attached hydrogens (primary N) is 1. The lowest BCUT2D eigenvalue weighted by Crippen LogP contribution is -2.28. The molecule has 1 rings (SSSR count). The lowest BCUT2D eigenvalue weighted by atomic mass is 9.93. The van der Waals surface area contributed by atoms with Gasteiger partial charge in [-0.1, -0.05) is 28.1 Å². The van der Waals surface area contributed by atoms with Crippen molar-refractivity contribution in [3.8, 4) is 0 Å². The molecule has 0 aromatic heterocycles. The van der Waals surface area contributed by atoms with Gasteiger partial charge in [-0.05, 0) is 50.1 Å². The standard InChI is InChI=1S/C12H16BrN/c1-8(2)9-5-10(12(3,4)14)7-11(13)6-9/h5-7H,1,14H2,2-4H3. The molecule has 0 aliphatic rings. The first kappa shape index (κ1) is 11.5. The van der Waals surface area contributed by atoms with Crippen molar-refractivity contribution in [1.29, 1.82) is 0 Å². The minimum atomic E-state index is -0.312. The van der Waals surface area contributed by atoms with Gasteiger partial charge >= 0.3 is 0 Å². The zero-order chi connectivity index (χ0) is 10.9. The lowest BCUT2D eigenvalue weighted by Gasteiger charge is -2.20. The Bertz CT molecular complexity index is 361. The zero-order valence-corrected chi connectivity index (χ0v) is 10.5. The molecule has 0 unspecified atom stereocenters. The topological polar surface area (TPSA) is 26.0 Å². The third kappa shape index (κ3) is 2.69. The second-order valence-electron chi connectivity index (χ2n) is 4.23. The van der Waals surface area contributed by atoms with Gasteiger partial charge in [-0.25, -0.2) is 0 Å². The molecular formula is C12H16BrN. The third-order valence-electron chi connectivity index (χ3n) is 2.13. The quantitative estimate of drug-likeness (QED) is 0.856. The van der Waals surface area contributed by atoms with Crippen molar-refractivity contribution in [3.05, 3.63) is 40.4 Å². The first-order chi connectivity index (χ1) is 6.30. The summed E-state index contributed by atoms with van der Waals surface area (Å²) in [7, 11) is 0. The molecule has 2 N–H and O–H groups in total. The summed E-state index contributed by atoms with van der Waals surface area (Å²) in [5, 5.41) is 0. The van der Waals surface area contributed by atoms with E-state index in [4.69, 9.17) is 5.73 Å². The number of allylic oxidation sites excluding steroid dienone is 1. The van der Waals surface area contributed by atoms with Gasteiger partial charge in [-0.3, -0.25) is 0 Å². The summed E-state index contributed by atoms with van der Waals surface area (Å²) < 4.78 is 1.05. The highest BCUT2D eigenvalue weighted by Gasteiger charge is 2.15. The summed E-state index contributed by atoms with van der Waals surface area (Å²) in [5.74, 6) is 0. The molecule has 0 bridgehead atoms. The second-order valence-corrected chi connectivity index (χ2v) is 5.15. The van der Waals surface area contributed by atoms with Crippen LogP contribution in [-0.4, -0.2) is 0 Å². The van der Waals surface area contributed by atoms with E-state index in [1.165, 1.54) is 0 Å². The van der Waals surface area contributed by atoms with Gasteiger partial charge in [0.25, 0.3) is 0 Å². The van der Waals surface area contributed by atoms with E-state index < -0.39 is 0 Å². The minimum Gasteiger partial charge on any atom is -0.322 e. The van der Waals surface area contributed by atoms with Crippen LogP contribution in [0, 0.1) is 0 Å². The number of halogens is 1. The predicted octanol–water partition coefficient (Wildman–Crippen LogP) is 3.68. The summed E-state index contributed by atoms with van der Waals surface area (Å²) in [6.45, 7) is 9.92. The Morgan fingerprint density at radius 2 is 1.93 bits per heavy atom. The van der Waals surface area contributed by atoms with Crippen molar-refractivity contribution >= 4 is 21.5 Å². The summed E-state index contributed by atoms with van der Waals surface area (Å²) in [4.78, 5) is 0. The van der Waals surface area contributed by atoms with Crippen LogP contribution in [0.5, 0.6) is 0 Å².